The number of fused-ring (bicyclic) bond motifs is 1. The number of carbonyl (C=O) groups excluding carboxylic acids is 1. The first-order valence-corrected chi connectivity index (χ1v) is 10.0. The molecule has 4 aromatic rings. The van der Waals surface area contributed by atoms with Crippen LogP contribution in [0.25, 0.3) is 16.9 Å². The zero-order chi connectivity index (χ0) is 22.7. The molecular weight excluding hydrogens is 413 g/mol. The maximum atomic E-state index is 13.0. The van der Waals surface area contributed by atoms with E-state index in [1.54, 1.807) is 31.8 Å². The molecule has 2 aromatic heterocycles. The van der Waals surface area contributed by atoms with Gasteiger partial charge in [0.1, 0.15) is 23.6 Å². The Hall–Kier alpha value is -4.01. The number of aromatic nitrogens is 4. The number of halogens is 1. The van der Waals surface area contributed by atoms with Gasteiger partial charge in [0.15, 0.2) is 17.6 Å². The van der Waals surface area contributed by atoms with Crippen LogP contribution in [0.1, 0.15) is 25.7 Å². The lowest BCUT2D eigenvalue weighted by molar-refractivity contribution is -0.128. The van der Waals surface area contributed by atoms with Crippen LogP contribution in [0, 0.1) is 5.82 Å². The first-order valence-electron chi connectivity index (χ1n) is 10.0. The molecule has 4 rings (SSSR count). The summed E-state index contributed by atoms with van der Waals surface area (Å²) in [5.41, 5.74) is 2.28. The average Bonchev–Trinajstić information content (AvgIpc) is 3.24. The Kier molecular flexibility index (Phi) is 5.98. The zero-order valence-electron chi connectivity index (χ0n) is 17.8. The van der Waals surface area contributed by atoms with E-state index in [-0.39, 0.29) is 11.7 Å². The number of hydrogen-bond acceptors (Lipinski definition) is 6. The Morgan fingerprint density at radius 1 is 1.06 bits per heavy atom. The molecule has 0 aliphatic carbocycles. The number of ether oxygens (including phenoxy) is 2. The summed E-state index contributed by atoms with van der Waals surface area (Å²) in [5.74, 6) is 0.913. The van der Waals surface area contributed by atoms with Gasteiger partial charge in [-0.05, 0) is 62.4 Å². The van der Waals surface area contributed by atoms with Crippen molar-refractivity contribution in [3.05, 3.63) is 72.6 Å². The summed E-state index contributed by atoms with van der Waals surface area (Å²) in [6, 6.07) is 14.4. The monoisotopic (exact) mass is 435 g/mol. The standard InChI is InChI=1S/C23H22FN5O3/c1-14(26-23(30)15(2)32-19-10-6-17(24)7-11-19)22-27-21-12-20(25-13-29(21)28-22)16-4-8-18(31-3)9-5-16/h4-15H,1-3H3,(H,26,30)/t14-,15+/m1/s1. The summed E-state index contributed by atoms with van der Waals surface area (Å²) in [6.45, 7) is 3.41. The number of carbonyl (C=O) groups is 1. The molecule has 0 aliphatic heterocycles. The number of methoxy groups -OCH3 is 1. The maximum absolute atomic E-state index is 13.0. The van der Waals surface area contributed by atoms with Gasteiger partial charge >= 0.3 is 0 Å². The summed E-state index contributed by atoms with van der Waals surface area (Å²) < 4.78 is 25.3. The number of benzene rings is 2. The second kappa shape index (κ2) is 9.01. The first kappa shape index (κ1) is 21.2. The van der Waals surface area contributed by atoms with Gasteiger partial charge in [0.25, 0.3) is 5.91 Å². The second-order valence-corrected chi connectivity index (χ2v) is 7.22. The fraction of sp³-hybridized carbons (Fsp3) is 0.217. The van der Waals surface area contributed by atoms with Crippen LogP contribution < -0.4 is 14.8 Å². The van der Waals surface area contributed by atoms with Gasteiger partial charge in [-0.15, -0.1) is 5.10 Å². The zero-order valence-corrected chi connectivity index (χ0v) is 17.8. The van der Waals surface area contributed by atoms with Gasteiger partial charge in [-0.2, -0.15) is 0 Å². The van der Waals surface area contributed by atoms with Crippen molar-refractivity contribution in [3.8, 4) is 22.8 Å². The number of nitrogens with zero attached hydrogens (tertiary/aromatic N) is 4. The number of nitrogens with one attached hydrogen (secondary N) is 1. The minimum atomic E-state index is -0.775. The van der Waals surface area contributed by atoms with Crippen molar-refractivity contribution < 1.29 is 18.7 Å². The molecule has 0 spiro atoms. The van der Waals surface area contributed by atoms with E-state index in [4.69, 9.17) is 9.47 Å². The molecule has 1 N–H and O–H groups in total. The molecule has 0 saturated heterocycles. The minimum Gasteiger partial charge on any atom is -0.497 e. The molecule has 1 amide bonds. The van der Waals surface area contributed by atoms with Crippen molar-refractivity contribution in [3.63, 3.8) is 0 Å². The lowest BCUT2D eigenvalue weighted by Gasteiger charge is -2.17. The lowest BCUT2D eigenvalue weighted by atomic mass is 10.1. The number of amides is 1. The summed E-state index contributed by atoms with van der Waals surface area (Å²) in [7, 11) is 1.62. The average molecular weight is 435 g/mol. The molecule has 0 saturated carbocycles. The normalized spacial score (nSPS) is 12.9. The Morgan fingerprint density at radius 2 is 1.75 bits per heavy atom. The molecule has 9 heteroatoms. The molecule has 0 unspecified atom stereocenters. The largest absolute Gasteiger partial charge is 0.497 e. The van der Waals surface area contributed by atoms with Crippen molar-refractivity contribution >= 4 is 11.6 Å². The fourth-order valence-corrected chi connectivity index (χ4v) is 3.08. The smallest absolute Gasteiger partial charge is 0.261 e. The number of hydrogen-bond donors (Lipinski definition) is 1. The minimum absolute atomic E-state index is 0.335. The van der Waals surface area contributed by atoms with E-state index in [0.29, 0.717) is 17.2 Å². The van der Waals surface area contributed by atoms with Gasteiger partial charge in [-0.25, -0.2) is 18.9 Å². The van der Waals surface area contributed by atoms with Gasteiger partial charge in [-0.1, -0.05) is 0 Å². The van der Waals surface area contributed by atoms with Crippen LogP contribution in [-0.2, 0) is 4.79 Å². The molecule has 8 nitrogen and oxygen atoms in total. The quantitative estimate of drug-likeness (QED) is 0.477. The molecule has 2 aromatic carbocycles. The van der Waals surface area contributed by atoms with E-state index in [9.17, 15) is 9.18 Å². The molecule has 32 heavy (non-hydrogen) atoms. The predicted octanol–water partition coefficient (Wildman–Crippen LogP) is 3.58. The molecule has 2 heterocycles. The molecule has 2 atom stereocenters. The van der Waals surface area contributed by atoms with Crippen LogP contribution in [0.5, 0.6) is 11.5 Å². The number of rotatable bonds is 7. The second-order valence-electron chi connectivity index (χ2n) is 7.22. The third-order valence-electron chi connectivity index (χ3n) is 4.87. The highest BCUT2D eigenvalue weighted by molar-refractivity contribution is 5.81. The van der Waals surface area contributed by atoms with Gasteiger partial charge in [0.2, 0.25) is 0 Å². The van der Waals surface area contributed by atoms with Crippen molar-refractivity contribution in [2.24, 2.45) is 0 Å². The van der Waals surface area contributed by atoms with Crippen LogP contribution >= 0.6 is 0 Å². The summed E-state index contributed by atoms with van der Waals surface area (Å²) >= 11 is 0. The molecule has 0 radical (unpaired) electrons. The lowest BCUT2D eigenvalue weighted by Crippen LogP contribution is -2.38. The SMILES string of the molecule is COc1ccc(-c2cc3nc([C@@H](C)NC(=O)[C@H](C)Oc4ccc(F)cc4)nn3cn2)cc1. The van der Waals surface area contributed by atoms with E-state index in [1.807, 2.05) is 30.3 Å². The molecule has 164 valence electrons. The highest BCUT2D eigenvalue weighted by Crippen LogP contribution is 2.22. The summed E-state index contributed by atoms with van der Waals surface area (Å²) in [5, 5.41) is 7.24. The van der Waals surface area contributed by atoms with E-state index < -0.39 is 12.1 Å². The van der Waals surface area contributed by atoms with Crippen LogP contribution in [0.15, 0.2) is 60.9 Å². The molecule has 0 fully saturated rings. The van der Waals surface area contributed by atoms with Gasteiger partial charge in [-0.3, -0.25) is 4.79 Å². The van der Waals surface area contributed by atoms with Crippen molar-refractivity contribution in [2.75, 3.05) is 7.11 Å². The Morgan fingerprint density at radius 3 is 2.44 bits per heavy atom. The highest BCUT2D eigenvalue weighted by atomic mass is 19.1. The van der Waals surface area contributed by atoms with Crippen molar-refractivity contribution in [1.82, 2.24) is 24.9 Å². The summed E-state index contributed by atoms with van der Waals surface area (Å²) in [6.07, 6.45) is 0.809. The van der Waals surface area contributed by atoms with Crippen molar-refractivity contribution in [2.45, 2.75) is 26.0 Å². The van der Waals surface area contributed by atoms with Gasteiger partial charge in [0, 0.05) is 11.6 Å². The van der Waals surface area contributed by atoms with Crippen LogP contribution in [0.2, 0.25) is 0 Å². The van der Waals surface area contributed by atoms with Gasteiger partial charge in [0.05, 0.1) is 18.8 Å². The first-order chi connectivity index (χ1) is 15.4. The van der Waals surface area contributed by atoms with Crippen LogP contribution in [0.4, 0.5) is 4.39 Å². The van der Waals surface area contributed by atoms with E-state index >= 15 is 0 Å². The van der Waals surface area contributed by atoms with E-state index in [1.165, 1.54) is 24.3 Å². The predicted molar refractivity (Wildman–Crippen MR) is 116 cm³/mol. The van der Waals surface area contributed by atoms with Crippen LogP contribution in [-0.4, -0.2) is 38.7 Å². The molecule has 0 bridgehead atoms. The molecular formula is C23H22FN5O3. The highest BCUT2D eigenvalue weighted by Gasteiger charge is 2.20. The topological polar surface area (TPSA) is 90.6 Å². The fourth-order valence-electron chi connectivity index (χ4n) is 3.08. The van der Waals surface area contributed by atoms with E-state index in [2.05, 4.69) is 20.4 Å². The Bertz CT molecular complexity index is 1220. The van der Waals surface area contributed by atoms with Crippen LogP contribution in [0.3, 0.4) is 0 Å². The Balaban J connectivity index is 1.45. The third kappa shape index (κ3) is 4.66. The van der Waals surface area contributed by atoms with Crippen molar-refractivity contribution in [1.29, 1.82) is 0 Å². The Labute approximate surface area is 184 Å². The van der Waals surface area contributed by atoms with E-state index in [0.717, 1.165) is 17.0 Å². The third-order valence-corrected chi connectivity index (χ3v) is 4.87. The summed E-state index contributed by atoms with van der Waals surface area (Å²) in [4.78, 5) is 21.5. The van der Waals surface area contributed by atoms with Gasteiger partial charge < -0.3 is 14.8 Å². The maximum Gasteiger partial charge on any atom is 0.261 e. The molecule has 0 aliphatic rings.